The molecule has 2 saturated carbocycles. The van der Waals surface area contributed by atoms with Gasteiger partial charge < -0.3 is 15.4 Å². The summed E-state index contributed by atoms with van der Waals surface area (Å²) in [6.07, 6.45) is 7.14. The van der Waals surface area contributed by atoms with Gasteiger partial charge in [0.2, 0.25) is 0 Å². The van der Waals surface area contributed by atoms with Crippen molar-refractivity contribution in [2.45, 2.75) is 69.5 Å². The van der Waals surface area contributed by atoms with Gasteiger partial charge >= 0.3 is 0 Å². The Balaban J connectivity index is 0.00000169. The van der Waals surface area contributed by atoms with Gasteiger partial charge in [-0.05, 0) is 50.7 Å². The quantitative estimate of drug-likeness (QED) is 0.835. The fraction of sp³-hybridized carbons (Fsp3) is 0.722. The van der Waals surface area contributed by atoms with Gasteiger partial charge in [-0.3, -0.25) is 4.79 Å². The van der Waals surface area contributed by atoms with Gasteiger partial charge in [0.1, 0.15) is 0 Å². The smallest absolute Gasteiger partial charge is 0.261 e. The number of hydrogen-bond donors (Lipinski definition) is 2. The Kier molecular flexibility index (Phi) is 5.85. The molecule has 1 aromatic heterocycles. The highest BCUT2D eigenvalue weighted by molar-refractivity contribution is 7.14. The van der Waals surface area contributed by atoms with Gasteiger partial charge in [-0.25, -0.2) is 0 Å². The number of thiophene rings is 1. The molecule has 24 heavy (non-hydrogen) atoms. The monoisotopic (exact) mass is 370 g/mol. The molecule has 134 valence electrons. The number of hydrogen-bond acceptors (Lipinski definition) is 4. The molecule has 2 N–H and O–H groups in total. The van der Waals surface area contributed by atoms with Crippen LogP contribution >= 0.6 is 23.7 Å². The van der Waals surface area contributed by atoms with E-state index < -0.39 is 0 Å². The maximum absolute atomic E-state index is 12.5. The topological polar surface area (TPSA) is 50.4 Å². The van der Waals surface area contributed by atoms with Crippen LogP contribution in [0.2, 0.25) is 0 Å². The zero-order valence-corrected chi connectivity index (χ0v) is 15.8. The minimum atomic E-state index is 0. The van der Waals surface area contributed by atoms with Crippen LogP contribution in [0.1, 0.15) is 64.6 Å². The van der Waals surface area contributed by atoms with Crippen LogP contribution in [0, 0.1) is 6.92 Å². The summed E-state index contributed by atoms with van der Waals surface area (Å²) in [4.78, 5) is 14.7. The highest BCUT2D eigenvalue weighted by Crippen LogP contribution is 2.45. The molecule has 2 heterocycles. The first-order valence-corrected chi connectivity index (χ1v) is 9.77. The third kappa shape index (κ3) is 3.96. The average molecular weight is 371 g/mol. The second-order valence-corrected chi connectivity index (χ2v) is 8.48. The summed E-state index contributed by atoms with van der Waals surface area (Å²) < 4.78 is 5.35. The van der Waals surface area contributed by atoms with Gasteiger partial charge in [-0.2, -0.15) is 0 Å². The first-order valence-electron chi connectivity index (χ1n) is 8.95. The van der Waals surface area contributed by atoms with Crippen LogP contribution in [0.15, 0.2) is 6.07 Å². The van der Waals surface area contributed by atoms with E-state index in [1.165, 1.54) is 36.1 Å². The van der Waals surface area contributed by atoms with E-state index in [2.05, 4.69) is 23.6 Å². The fourth-order valence-electron chi connectivity index (χ4n) is 3.68. The molecule has 1 amide bonds. The normalized spacial score (nSPS) is 27.2. The van der Waals surface area contributed by atoms with E-state index in [1.54, 1.807) is 11.3 Å². The van der Waals surface area contributed by atoms with E-state index in [9.17, 15) is 4.79 Å². The van der Waals surface area contributed by atoms with Gasteiger partial charge in [0, 0.05) is 42.1 Å². The van der Waals surface area contributed by atoms with Crippen LogP contribution < -0.4 is 10.6 Å². The summed E-state index contributed by atoms with van der Waals surface area (Å²) in [6.45, 7) is 3.68. The summed E-state index contributed by atoms with van der Waals surface area (Å²) in [5.74, 6) is 0.719. The second-order valence-electron chi connectivity index (χ2n) is 7.23. The number of ether oxygens (including phenoxy) is 1. The Morgan fingerprint density at radius 3 is 2.62 bits per heavy atom. The molecular weight excluding hydrogens is 344 g/mol. The lowest BCUT2D eigenvalue weighted by Gasteiger charge is -2.26. The Labute approximate surface area is 154 Å². The van der Waals surface area contributed by atoms with Crippen molar-refractivity contribution in [1.29, 1.82) is 0 Å². The Morgan fingerprint density at radius 2 is 1.96 bits per heavy atom. The lowest BCUT2D eigenvalue weighted by atomic mass is 9.93. The molecule has 0 bridgehead atoms. The van der Waals surface area contributed by atoms with Crippen molar-refractivity contribution in [1.82, 2.24) is 10.6 Å². The predicted molar refractivity (Wildman–Crippen MR) is 99.5 cm³/mol. The van der Waals surface area contributed by atoms with Crippen LogP contribution in [0.5, 0.6) is 0 Å². The standard InChI is InChI=1S/C18H26N2O2S.ClH/c1-11-14(15-9-16(15)19-12-3-2-4-12)10-17(23-11)18(21)20-13-5-7-22-8-6-13;/h10,12-13,15-16,19H,2-9H2,1H3,(H,20,21);1H/t15-,16+;/m0./s1. The second kappa shape index (κ2) is 7.73. The first kappa shape index (κ1) is 18.2. The first-order chi connectivity index (χ1) is 11.2. The van der Waals surface area contributed by atoms with E-state index in [1.807, 2.05) is 0 Å². The highest BCUT2D eigenvalue weighted by atomic mass is 35.5. The number of aryl methyl sites for hydroxylation is 1. The summed E-state index contributed by atoms with van der Waals surface area (Å²) in [5, 5.41) is 6.93. The van der Waals surface area contributed by atoms with Crippen molar-refractivity contribution < 1.29 is 9.53 Å². The fourth-order valence-corrected chi connectivity index (χ4v) is 4.67. The lowest BCUT2D eigenvalue weighted by molar-refractivity contribution is 0.0698. The summed E-state index contributed by atoms with van der Waals surface area (Å²) in [6, 6.07) is 3.80. The molecule has 1 aromatic rings. The minimum Gasteiger partial charge on any atom is -0.381 e. The molecule has 2 aliphatic carbocycles. The molecule has 0 radical (unpaired) electrons. The van der Waals surface area contributed by atoms with Crippen molar-refractivity contribution in [2.24, 2.45) is 0 Å². The number of carbonyl (C=O) groups is 1. The Bertz CT molecular complexity index is 582. The van der Waals surface area contributed by atoms with Crippen molar-refractivity contribution in [3.8, 4) is 0 Å². The molecule has 1 saturated heterocycles. The van der Waals surface area contributed by atoms with Crippen LogP contribution in [0.3, 0.4) is 0 Å². The third-order valence-electron chi connectivity index (χ3n) is 5.48. The van der Waals surface area contributed by atoms with Gasteiger partial charge in [-0.15, -0.1) is 23.7 Å². The summed E-state index contributed by atoms with van der Waals surface area (Å²) in [5.41, 5.74) is 1.39. The molecule has 0 aromatic carbocycles. The van der Waals surface area contributed by atoms with E-state index in [-0.39, 0.29) is 24.4 Å². The van der Waals surface area contributed by atoms with E-state index in [0.717, 1.165) is 37.0 Å². The number of amides is 1. The van der Waals surface area contributed by atoms with Gasteiger partial charge in [0.25, 0.3) is 5.91 Å². The summed E-state index contributed by atoms with van der Waals surface area (Å²) in [7, 11) is 0. The van der Waals surface area contributed by atoms with Crippen molar-refractivity contribution >= 4 is 29.7 Å². The molecule has 3 fully saturated rings. The van der Waals surface area contributed by atoms with Crippen LogP contribution in [0.25, 0.3) is 0 Å². The SMILES string of the molecule is Cc1sc(C(=O)NC2CCOCC2)cc1[C@@H]1C[C@H]1NC1CCC1.Cl. The summed E-state index contributed by atoms with van der Waals surface area (Å²) >= 11 is 1.65. The molecule has 3 aliphatic rings. The molecule has 6 heteroatoms. The van der Waals surface area contributed by atoms with Crippen molar-refractivity contribution in [2.75, 3.05) is 13.2 Å². The average Bonchev–Trinajstić information content (AvgIpc) is 3.17. The van der Waals surface area contributed by atoms with Gasteiger partial charge in [-0.1, -0.05) is 6.42 Å². The number of halogens is 1. The van der Waals surface area contributed by atoms with E-state index >= 15 is 0 Å². The predicted octanol–water partition coefficient (Wildman–Crippen LogP) is 3.39. The molecule has 0 spiro atoms. The third-order valence-corrected chi connectivity index (χ3v) is 6.55. The molecule has 2 atom stereocenters. The Morgan fingerprint density at radius 1 is 1.21 bits per heavy atom. The lowest BCUT2D eigenvalue weighted by Crippen LogP contribution is -2.38. The minimum absolute atomic E-state index is 0. The van der Waals surface area contributed by atoms with Crippen LogP contribution in [0.4, 0.5) is 0 Å². The number of rotatable bonds is 5. The van der Waals surface area contributed by atoms with Crippen molar-refractivity contribution in [3.05, 3.63) is 21.4 Å². The van der Waals surface area contributed by atoms with E-state index in [4.69, 9.17) is 4.74 Å². The zero-order valence-electron chi connectivity index (χ0n) is 14.2. The maximum atomic E-state index is 12.5. The van der Waals surface area contributed by atoms with Gasteiger partial charge in [0.15, 0.2) is 0 Å². The number of nitrogens with one attached hydrogen (secondary N) is 2. The maximum Gasteiger partial charge on any atom is 0.261 e. The molecule has 4 rings (SSSR count). The largest absolute Gasteiger partial charge is 0.381 e. The molecule has 0 unspecified atom stereocenters. The van der Waals surface area contributed by atoms with Crippen LogP contribution in [-0.2, 0) is 4.74 Å². The zero-order chi connectivity index (χ0) is 15.8. The molecular formula is C18H27ClN2O2S. The highest BCUT2D eigenvalue weighted by Gasteiger charge is 2.41. The molecule has 1 aliphatic heterocycles. The number of carbonyl (C=O) groups excluding carboxylic acids is 1. The van der Waals surface area contributed by atoms with E-state index in [0.29, 0.717) is 12.0 Å². The Hall–Kier alpha value is -0.620. The van der Waals surface area contributed by atoms with Gasteiger partial charge in [0.05, 0.1) is 4.88 Å². The van der Waals surface area contributed by atoms with Crippen LogP contribution in [-0.4, -0.2) is 37.2 Å². The molecule has 4 nitrogen and oxygen atoms in total. The van der Waals surface area contributed by atoms with Crippen molar-refractivity contribution in [3.63, 3.8) is 0 Å².